The van der Waals surface area contributed by atoms with Gasteiger partial charge in [0.15, 0.2) is 5.13 Å². The van der Waals surface area contributed by atoms with Crippen molar-refractivity contribution in [2.45, 2.75) is 45.6 Å². The number of ether oxygens (including phenoxy) is 2. The molecule has 0 saturated carbocycles. The van der Waals surface area contributed by atoms with E-state index in [0.717, 1.165) is 34.7 Å². The Hall–Kier alpha value is -2.68. The van der Waals surface area contributed by atoms with Crippen LogP contribution < -0.4 is 14.8 Å². The number of fused-ring (bicyclic) bond motifs is 1. The fourth-order valence-corrected chi connectivity index (χ4v) is 5.05. The van der Waals surface area contributed by atoms with Gasteiger partial charge in [-0.3, -0.25) is 9.69 Å². The average molecular weight is 484 g/mol. The van der Waals surface area contributed by atoms with Gasteiger partial charge in [0.05, 0.1) is 29.0 Å². The average Bonchev–Trinajstić information content (AvgIpc) is 3.10. The molecule has 1 aromatic heterocycles. The van der Waals surface area contributed by atoms with Crippen LogP contribution in [0.2, 0.25) is 0 Å². The maximum atomic E-state index is 12.7. The van der Waals surface area contributed by atoms with Gasteiger partial charge in [0.25, 0.3) is 0 Å². The van der Waals surface area contributed by atoms with E-state index in [9.17, 15) is 9.90 Å². The van der Waals surface area contributed by atoms with Gasteiger partial charge in [-0.2, -0.15) is 0 Å². The molecule has 1 unspecified atom stereocenters. The quantitative estimate of drug-likeness (QED) is 0.489. The summed E-state index contributed by atoms with van der Waals surface area (Å²) in [6.07, 6.45) is 2.02. The number of hydrogen-bond acceptors (Lipinski definition) is 7. The van der Waals surface area contributed by atoms with Gasteiger partial charge in [-0.05, 0) is 88.0 Å². The van der Waals surface area contributed by atoms with Crippen LogP contribution in [0.3, 0.4) is 0 Å². The van der Waals surface area contributed by atoms with Gasteiger partial charge in [0, 0.05) is 6.54 Å². The maximum Gasteiger partial charge on any atom is 0.240 e. The third-order valence-electron chi connectivity index (χ3n) is 6.28. The highest BCUT2D eigenvalue weighted by Crippen LogP contribution is 2.29. The number of aromatic nitrogens is 1. The Bertz CT molecular complexity index is 1150. The molecule has 2 aromatic carbocycles. The molecule has 2 N–H and O–H groups in total. The van der Waals surface area contributed by atoms with Gasteiger partial charge >= 0.3 is 0 Å². The molecular formula is C26H33N3O4S. The summed E-state index contributed by atoms with van der Waals surface area (Å²) in [6.45, 7) is 8.60. The largest absolute Gasteiger partial charge is 0.494 e. The van der Waals surface area contributed by atoms with Crippen LogP contribution in [0.1, 0.15) is 37.3 Å². The van der Waals surface area contributed by atoms with E-state index < -0.39 is 5.60 Å². The number of carbonyl (C=O) groups excluding carboxylic acids is 1. The van der Waals surface area contributed by atoms with E-state index in [0.29, 0.717) is 31.1 Å². The normalized spacial score (nSPS) is 19.1. The minimum absolute atomic E-state index is 0.0964. The van der Waals surface area contributed by atoms with E-state index >= 15 is 0 Å². The number of benzene rings is 2. The van der Waals surface area contributed by atoms with Crippen LogP contribution in [0.25, 0.3) is 10.2 Å². The number of anilines is 1. The number of hydrogen-bond donors (Lipinski definition) is 2. The highest BCUT2D eigenvalue weighted by atomic mass is 32.1. The van der Waals surface area contributed by atoms with Crippen molar-refractivity contribution in [3.63, 3.8) is 0 Å². The van der Waals surface area contributed by atoms with Crippen molar-refractivity contribution in [2.24, 2.45) is 0 Å². The highest BCUT2D eigenvalue weighted by molar-refractivity contribution is 7.22. The number of rotatable bonds is 8. The first-order chi connectivity index (χ1) is 16.3. The van der Waals surface area contributed by atoms with Gasteiger partial charge in [0.1, 0.15) is 18.1 Å². The monoisotopic (exact) mass is 483 g/mol. The van der Waals surface area contributed by atoms with Gasteiger partial charge in [-0.15, -0.1) is 0 Å². The molecule has 3 aromatic rings. The zero-order chi connectivity index (χ0) is 24.1. The lowest BCUT2D eigenvalue weighted by molar-refractivity contribution is -0.117. The van der Waals surface area contributed by atoms with Crippen LogP contribution in [0.5, 0.6) is 11.5 Å². The van der Waals surface area contributed by atoms with Crippen LogP contribution in [0.15, 0.2) is 36.4 Å². The third-order valence-corrected chi connectivity index (χ3v) is 7.21. The molecule has 7 nitrogen and oxygen atoms in total. The Morgan fingerprint density at radius 2 is 1.91 bits per heavy atom. The van der Waals surface area contributed by atoms with E-state index in [1.54, 1.807) is 0 Å². The molecular weight excluding hydrogens is 450 g/mol. The smallest absolute Gasteiger partial charge is 0.240 e. The van der Waals surface area contributed by atoms with Crippen molar-refractivity contribution in [3.8, 4) is 11.5 Å². The summed E-state index contributed by atoms with van der Waals surface area (Å²) in [6, 6.07) is 11.7. The molecule has 4 rings (SSSR count). The Balaban J connectivity index is 1.28. The first-order valence-electron chi connectivity index (χ1n) is 11.8. The highest BCUT2D eigenvalue weighted by Gasteiger charge is 2.31. The molecule has 0 aliphatic carbocycles. The molecule has 8 heteroatoms. The Morgan fingerprint density at radius 3 is 2.71 bits per heavy atom. The summed E-state index contributed by atoms with van der Waals surface area (Å²) in [5.74, 6) is 1.48. The molecule has 1 aliphatic heterocycles. The standard InChI is InChI=1S/C26H33N3O4S/c1-4-32-21-8-9-22-23(15-21)34-25(27-22)28-24(30)16-29-12-5-10-26(31,11-13-29)17-33-20-7-6-18(2)19(3)14-20/h6-9,14-15,31H,4-5,10-13,16-17H2,1-3H3,(H,27,28,30). The van der Waals surface area contributed by atoms with Crippen LogP contribution in [0, 0.1) is 13.8 Å². The van der Waals surface area contributed by atoms with Crippen molar-refractivity contribution in [1.82, 2.24) is 9.88 Å². The van der Waals surface area contributed by atoms with Crippen molar-refractivity contribution >= 4 is 32.6 Å². The van der Waals surface area contributed by atoms with Crippen molar-refractivity contribution in [1.29, 1.82) is 0 Å². The minimum Gasteiger partial charge on any atom is -0.494 e. The number of amides is 1. The first kappa shape index (κ1) is 24.4. The Morgan fingerprint density at radius 1 is 1.12 bits per heavy atom. The molecule has 1 aliphatic rings. The summed E-state index contributed by atoms with van der Waals surface area (Å²) in [4.78, 5) is 19.3. The van der Waals surface area contributed by atoms with Crippen LogP contribution in [0.4, 0.5) is 5.13 Å². The first-order valence-corrected chi connectivity index (χ1v) is 12.6. The molecule has 0 bridgehead atoms. The number of aliphatic hydroxyl groups is 1. The zero-order valence-electron chi connectivity index (χ0n) is 20.1. The lowest BCUT2D eigenvalue weighted by Crippen LogP contribution is -2.38. The SMILES string of the molecule is CCOc1ccc2nc(NC(=O)CN3CCCC(O)(COc4ccc(C)c(C)c4)CC3)sc2c1. The number of thiazole rings is 1. The summed E-state index contributed by atoms with van der Waals surface area (Å²) < 4.78 is 12.4. The van der Waals surface area contributed by atoms with E-state index in [1.807, 2.05) is 43.3 Å². The van der Waals surface area contributed by atoms with Gasteiger partial charge in [-0.25, -0.2) is 4.98 Å². The van der Waals surface area contributed by atoms with Gasteiger partial charge in [-0.1, -0.05) is 17.4 Å². The van der Waals surface area contributed by atoms with Crippen molar-refractivity contribution < 1.29 is 19.4 Å². The number of likely N-dealkylation sites (tertiary alicyclic amines) is 1. The summed E-state index contributed by atoms with van der Waals surface area (Å²) >= 11 is 1.44. The van der Waals surface area contributed by atoms with E-state index in [-0.39, 0.29) is 19.1 Å². The topological polar surface area (TPSA) is 83.9 Å². The second kappa shape index (κ2) is 10.7. The van der Waals surface area contributed by atoms with E-state index in [1.165, 1.54) is 22.5 Å². The van der Waals surface area contributed by atoms with E-state index in [4.69, 9.17) is 9.47 Å². The van der Waals surface area contributed by atoms with E-state index in [2.05, 4.69) is 29.0 Å². The summed E-state index contributed by atoms with van der Waals surface area (Å²) in [5, 5.41) is 14.6. The fourth-order valence-electron chi connectivity index (χ4n) is 4.14. The maximum absolute atomic E-state index is 12.7. The van der Waals surface area contributed by atoms with Gasteiger partial charge < -0.3 is 19.9 Å². The molecule has 2 heterocycles. The third kappa shape index (κ3) is 6.25. The minimum atomic E-state index is -0.894. The van der Waals surface area contributed by atoms with Crippen molar-refractivity contribution in [2.75, 3.05) is 38.2 Å². The fraction of sp³-hybridized carbons (Fsp3) is 0.462. The molecule has 0 radical (unpaired) electrons. The van der Waals surface area contributed by atoms with Crippen LogP contribution in [-0.4, -0.2) is 59.3 Å². The Labute approximate surface area is 204 Å². The zero-order valence-corrected chi connectivity index (χ0v) is 20.9. The van der Waals surface area contributed by atoms with Crippen LogP contribution >= 0.6 is 11.3 Å². The molecule has 1 amide bonds. The Kier molecular flexibility index (Phi) is 7.70. The lowest BCUT2D eigenvalue weighted by Gasteiger charge is -2.27. The second-order valence-corrected chi connectivity index (χ2v) is 10.0. The molecule has 1 saturated heterocycles. The summed E-state index contributed by atoms with van der Waals surface area (Å²) in [7, 11) is 0. The van der Waals surface area contributed by atoms with Crippen LogP contribution in [-0.2, 0) is 4.79 Å². The number of aryl methyl sites for hydroxylation is 2. The summed E-state index contributed by atoms with van der Waals surface area (Å²) in [5.41, 5.74) is 2.34. The number of carbonyl (C=O) groups is 1. The number of nitrogens with zero attached hydrogens (tertiary/aromatic N) is 2. The molecule has 34 heavy (non-hydrogen) atoms. The molecule has 0 spiro atoms. The molecule has 1 fully saturated rings. The molecule has 1 atom stereocenters. The number of nitrogens with one attached hydrogen (secondary N) is 1. The second-order valence-electron chi connectivity index (χ2n) is 9.02. The predicted molar refractivity (Wildman–Crippen MR) is 136 cm³/mol. The lowest BCUT2D eigenvalue weighted by atomic mass is 9.96. The molecule has 182 valence electrons. The van der Waals surface area contributed by atoms with Crippen molar-refractivity contribution in [3.05, 3.63) is 47.5 Å². The predicted octanol–water partition coefficient (Wildman–Crippen LogP) is 4.55. The van der Waals surface area contributed by atoms with Gasteiger partial charge in [0.2, 0.25) is 5.91 Å².